The first kappa shape index (κ1) is 41.6. The highest BCUT2D eigenvalue weighted by Gasteiger charge is 2.63. The molecule has 2 aliphatic rings. The van der Waals surface area contributed by atoms with E-state index >= 15 is 0 Å². The van der Waals surface area contributed by atoms with Crippen molar-refractivity contribution in [2.24, 2.45) is 0 Å². The van der Waals surface area contributed by atoms with E-state index in [0.717, 1.165) is 6.33 Å². The summed E-state index contributed by atoms with van der Waals surface area (Å²) in [6.07, 6.45) is -2.69. The number of aryl methyl sites for hydroxylation is 1. The third kappa shape index (κ3) is 9.75. The second-order valence-electron chi connectivity index (χ2n) is 12.9. The first-order chi connectivity index (χ1) is 27.3. The average Bonchev–Trinajstić information content (AvgIpc) is 3.92. The number of nitriles is 1. The molecule has 0 radical (unpaired) electrons. The van der Waals surface area contributed by atoms with Gasteiger partial charge in [-0.1, -0.05) is 23.7 Å². The molecule has 0 saturated carbocycles. The van der Waals surface area contributed by atoms with Gasteiger partial charge in [0.2, 0.25) is 5.79 Å². The molecule has 21 heteroatoms. The van der Waals surface area contributed by atoms with Gasteiger partial charge in [0.05, 0.1) is 30.9 Å². The van der Waals surface area contributed by atoms with Crippen molar-refractivity contribution in [1.82, 2.24) is 19.5 Å². The molecule has 1 amide bonds. The molecule has 302 valence electrons. The number of amides is 1. The Balaban J connectivity index is 1.35. The Hall–Kier alpha value is -5.03. The molecule has 19 nitrogen and oxygen atoms in total. The topological polar surface area (TPSA) is 253 Å². The molecule has 57 heavy (non-hydrogen) atoms. The summed E-state index contributed by atoms with van der Waals surface area (Å²) in [6, 6.07) is 12.7. The zero-order valence-corrected chi connectivity index (χ0v) is 32.3. The number of hydrogen-bond donors (Lipinski definition) is 3. The number of ether oxygens (including phenoxy) is 5. The molecule has 2 aliphatic heterocycles. The first-order valence-electron chi connectivity index (χ1n) is 17.6. The van der Waals surface area contributed by atoms with Gasteiger partial charge in [0.1, 0.15) is 30.2 Å². The van der Waals surface area contributed by atoms with Crippen molar-refractivity contribution < 1.29 is 61.7 Å². The monoisotopic (exact) mass is 828 g/mol. The van der Waals surface area contributed by atoms with Crippen molar-refractivity contribution in [1.29, 1.82) is 5.26 Å². The summed E-state index contributed by atoms with van der Waals surface area (Å²) in [5.74, 6) is -4.29. The molecular formula is C36H38ClN6O13P. The Morgan fingerprint density at radius 1 is 1.16 bits per heavy atom. The van der Waals surface area contributed by atoms with Crippen LogP contribution in [0, 0.1) is 11.3 Å². The lowest BCUT2D eigenvalue weighted by atomic mass is 10.1. The summed E-state index contributed by atoms with van der Waals surface area (Å²) >= 11 is 6.46. The van der Waals surface area contributed by atoms with Crippen LogP contribution in [-0.2, 0) is 44.0 Å². The number of phosphoric acid groups is 1. The number of carbonyl (C=O) groups is 3. The summed E-state index contributed by atoms with van der Waals surface area (Å²) in [6.45, 7) is 0.848. The summed E-state index contributed by atoms with van der Waals surface area (Å²) < 4.78 is 54.8. The Kier molecular flexibility index (Phi) is 13.2. The maximum absolute atomic E-state index is 13.8. The number of nitrogens with one attached hydrogen (secondary N) is 1. The molecule has 4 aromatic rings. The van der Waals surface area contributed by atoms with Crippen molar-refractivity contribution in [2.75, 3.05) is 25.6 Å². The number of phosphoric ester groups is 1. The molecular weight excluding hydrogens is 791 g/mol. The van der Waals surface area contributed by atoms with Gasteiger partial charge in [-0.3, -0.25) is 19.0 Å². The number of rotatable bonds is 17. The number of methoxy groups -OCH3 is 1. The number of ketones is 1. The van der Waals surface area contributed by atoms with Gasteiger partial charge >= 0.3 is 13.8 Å². The zero-order chi connectivity index (χ0) is 40.7. The molecule has 2 saturated heterocycles. The molecule has 0 spiro atoms. The lowest BCUT2D eigenvalue weighted by Crippen LogP contribution is -2.53. The normalized spacial score (nSPS) is 22.7. The van der Waals surface area contributed by atoms with Gasteiger partial charge in [-0.15, -0.1) is 0 Å². The summed E-state index contributed by atoms with van der Waals surface area (Å²) in [5, 5.41) is 24.1. The molecule has 0 aliphatic carbocycles. The third-order valence-electron chi connectivity index (χ3n) is 8.94. The quantitative estimate of drug-likeness (QED) is 0.0757. The van der Waals surface area contributed by atoms with Gasteiger partial charge in [0.15, 0.2) is 41.7 Å². The number of Topliss-reactive ketones (excluding diaryl/α,β-unsaturated/α-hetero) is 1. The molecule has 0 bridgehead atoms. The van der Waals surface area contributed by atoms with Crippen molar-refractivity contribution in [3.05, 3.63) is 71.3 Å². The third-order valence-corrected chi connectivity index (χ3v) is 10.3. The molecule has 3 N–H and O–H groups in total. The fraction of sp³-hybridized carbons (Fsp3) is 0.417. The molecule has 2 aromatic heterocycles. The molecule has 2 aromatic carbocycles. The van der Waals surface area contributed by atoms with Crippen LogP contribution in [-0.4, -0.2) is 91.8 Å². The summed E-state index contributed by atoms with van der Waals surface area (Å²) in [7, 11) is -3.90. The number of benzene rings is 2. The number of carbonyl (C=O) groups excluding carboxylic acids is 3. The van der Waals surface area contributed by atoms with Crippen molar-refractivity contribution in [3.8, 4) is 17.6 Å². The number of aliphatic hydroxyl groups is 1. The maximum Gasteiger partial charge on any atom is 0.530 e. The first-order valence-corrected chi connectivity index (χ1v) is 19.5. The highest BCUT2D eigenvalue weighted by Crippen LogP contribution is 2.55. The molecule has 6 atom stereocenters. The van der Waals surface area contributed by atoms with Crippen molar-refractivity contribution >= 4 is 54.1 Å². The van der Waals surface area contributed by atoms with Gasteiger partial charge < -0.3 is 43.4 Å². The Morgan fingerprint density at radius 2 is 1.95 bits per heavy atom. The number of esters is 1. The van der Waals surface area contributed by atoms with Crippen LogP contribution in [0.25, 0.3) is 11.2 Å². The minimum Gasteiger partial charge on any atom is -0.497 e. The number of anilines is 1. The van der Waals surface area contributed by atoms with Gasteiger partial charge in [-0.2, -0.15) is 5.26 Å². The van der Waals surface area contributed by atoms with E-state index in [1.165, 1.54) is 37.1 Å². The standard InChI is InChI=1S/C36H38ClN6O13P/c1-21(44)10-15-27(45)52-18-26-36(47,56-57(48,49)55-25-8-3-6-22(29(25)37)7-4-16-38)31(54-28-9-5-17-51-28)35(53-26)43-20-41-30-32(39-19-40-33(30)43)42-34(46)23-11-13-24(50-2)14-12-23/h3,6,8,11-14,19-20,26,28,31,35,47H,4-5,7,9-10,15,17-18H2,1-2H3,(H,48,49)(H,39,40,42,46)/t26-,28?,31+,35-,36+/m1/s1. The summed E-state index contributed by atoms with van der Waals surface area (Å²) in [4.78, 5) is 61.4. The van der Waals surface area contributed by atoms with E-state index < -0.39 is 56.8 Å². The van der Waals surface area contributed by atoms with E-state index in [9.17, 15) is 28.9 Å². The fourth-order valence-corrected chi connectivity index (χ4v) is 7.44. The van der Waals surface area contributed by atoms with E-state index in [-0.39, 0.29) is 59.2 Å². The number of aromatic nitrogens is 4. The highest BCUT2D eigenvalue weighted by atomic mass is 35.5. The number of fused-ring (bicyclic) bond motifs is 1. The lowest BCUT2D eigenvalue weighted by Gasteiger charge is -2.34. The molecule has 4 heterocycles. The molecule has 2 unspecified atom stereocenters. The number of halogens is 1. The predicted molar refractivity (Wildman–Crippen MR) is 197 cm³/mol. The lowest BCUT2D eigenvalue weighted by molar-refractivity contribution is -0.266. The van der Waals surface area contributed by atoms with Crippen LogP contribution in [0.1, 0.15) is 61.2 Å². The second kappa shape index (κ2) is 18.1. The minimum absolute atomic E-state index is 0.0127. The van der Waals surface area contributed by atoms with E-state index in [1.54, 1.807) is 30.3 Å². The Morgan fingerprint density at radius 3 is 2.65 bits per heavy atom. The maximum atomic E-state index is 13.8. The van der Waals surface area contributed by atoms with Gasteiger partial charge in [0.25, 0.3) is 5.91 Å². The minimum atomic E-state index is -5.40. The van der Waals surface area contributed by atoms with Gasteiger partial charge in [0, 0.05) is 31.4 Å². The average molecular weight is 829 g/mol. The highest BCUT2D eigenvalue weighted by molar-refractivity contribution is 7.47. The van der Waals surface area contributed by atoms with E-state index in [4.69, 9.17) is 49.6 Å². The van der Waals surface area contributed by atoms with Crippen LogP contribution >= 0.6 is 19.4 Å². The van der Waals surface area contributed by atoms with Crippen LogP contribution in [0.5, 0.6) is 11.5 Å². The number of nitrogens with zero attached hydrogens (tertiary/aromatic N) is 5. The Bertz CT molecular complexity index is 2200. The number of hydrogen-bond acceptors (Lipinski definition) is 16. The van der Waals surface area contributed by atoms with Crippen LogP contribution < -0.4 is 14.6 Å². The van der Waals surface area contributed by atoms with E-state index in [1.807, 2.05) is 6.07 Å². The van der Waals surface area contributed by atoms with Crippen LogP contribution in [0.15, 0.2) is 55.1 Å². The predicted octanol–water partition coefficient (Wildman–Crippen LogP) is 4.41. The zero-order valence-electron chi connectivity index (χ0n) is 30.6. The Labute approximate surface area is 330 Å². The van der Waals surface area contributed by atoms with Crippen LogP contribution in [0.2, 0.25) is 5.02 Å². The van der Waals surface area contributed by atoms with E-state index in [0.29, 0.717) is 36.3 Å². The summed E-state index contributed by atoms with van der Waals surface area (Å²) in [5.41, 5.74) is 0.887. The molecule has 6 rings (SSSR count). The second-order valence-corrected chi connectivity index (χ2v) is 14.6. The number of imidazole rings is 1. The van der Waals surface area contributed by atoms with Crippen molar-refractivity contribution in [3.63, 3.8) is 0 Å². The van der Waals surface area contributed by atoms with E-state index in [2.05, 4.69) is 20.3 Å². The van der Waals surface area contributed by atoms with Gasteiger partial charge in [-0.25, -0.2) is 24.0 Å². The smallest absolute Gasteiger partial charge is 0.497 e. The van der Waals surface area contributed by atoms with Crippen LogP contribution in [0.3, 0.4) is 0 Å². The van der Waals surface area contributed by atoms with Crippen molar-refractivity contribution in [2.45, 2.75) is 76.0 Å². The molecule has 2 fully saturated rings. The fourth-order valence-electron chi connectivity index (χ4n) is 6.10. The van der Waals surface area contributed by atoms with Gasteiger partial charge in [-0.05, 0) is 55.7 Å². The SMILES string of the molecule is COc1ccc(C(=O)Nc2ncnc3c2ncn3[C@@H]2O[C@H](COC(=O)CCC(C)=O)[C@](O)(OP(=O)(O)Oc3cccc(CCC#N)c3Cl)[C@H]2OC2CCCO2)cc1. The largest absolute Gasteiger partial charge is 0.530 e. The van der Waals surface area contributed by atoms with Crippen LogP contribution in [0.4, 0.5) is 5.82 Å².